The minimum absolute atomic E-state index is 0.0904. The molecule has 1 N–H and O–H groups in total. The van der Waals surface area contributed by atoms with Gasteiger partial charge >= 0.3 is 0 Å². The molecule has 37 heavy (non-hydrogen) atoms. The van der Waals surface area contributed by atoms with Crippen LogP contribution in [0.25, 0.3) is 11.2 Å². The van der Waals surface area contributed by atoms with Gasteiger partial charge in [0.05, 0.1) is 24.7 Å². The van der Waals surface area contributed by atoms with Crippen molar-refractivity contribution in [2.45, 2.75) is 36.6 Å². The largest absolute Gasteiger partial charge is 0.490 e. The molecule has 11 nitrogen and oxygen atoms in total. The molecule has 0 radical (unpaired) electrons. The quantitative estimate of drug-likeness (QED) is 0.422. The maximum atomic E-state index is 13.4. The summed E-state index contributed by atoms with van der Waals surface area (Å²) in [7, 11) is -3.71. The van der Waals surface area contributed by atoms with Crippen LogP contribution >= 0.6 is 0 Å². The van der Waals surface area contributed by atoms with Crippen LogP contribution in [0.4, 0.5) is 0 Å². The molecule has 0 bridgehead atoms. The molecule has 2 aromatic carbocycles. The summed E-state index contributed by atoms with van der Waals surface area (Å²) in [5.74, 6) is 1.44. The predicted octanol–water partition coefficient (Wildman–Crippen LogP) is 2.29. The van der Waals surface area contributed by atoms with Crippen LogP contribution in [0.1, 0.15) is 36.6 Å². The first-order valence-corrected chi connectivity index (χ1v) is 13.7. The smallest absolute Gasteiger partial charge is 0.281 e. The number of nitrogens with zero attached hydrogens (tertiary/aromatic N) is 5. The van der Waals surface area contributed by atoms with Crippen molar-refractivity contribution in [3.8, 4) is 11.5 Å². The second-order valence-corrected chi connectivity index (χ2v) is 11.1. The zero-order valence-corrected chi connectivity index (χ0v) is 20.9. The summed E-state index contributed by atoms with van der Waals surface area (Å²) in [5, 5.41) is 8.14. The van der Waals surface area contributed by atoms with Gasteiger partial charge in [-0.1, -0.05) is 35.5 Å². The number of sulfonamides is 1. The lowest BCUT2D eigenvalue weighted by Gasteiger charge is -2.30. The van der Waals surface area contributed by atoms with Gasteiger partial charge in [-0.15, -0.1) is 5.10 Å². The van der Waals surface area contributed by atoms with Gasteiger partial charge in [0.15, 0.2) is 22.7 Å². The van der Waals surface area contributed by atoms with Crippen molar-refractivity contribution in [2.75, 3.05) is 26.3 Å². The molecular formula is C25H26N6O5S. The van der Waals surface area contributed by atoms with Gasteiger partial charge in [-0.2, -0.15) is 4.31 Å². The highest BCUT2D eigenvalue weighted by molar-refractivity contribution is 7.89. The van der Waals surface area contributed by atoms with Crippen molar-refractivity contribution < 1.29 is 17.9 Å². The van der Waals surface area contributed by atoms with Crippen molar-refractivity contribution in [3.63, 3.8) is 0 Å². The number of ether oxygens (including phenoxy) is 2. The Balaban J connectivity index is 1.20. The number of rotatable bonds is 5. The van der Waals surface area contributed by atoms with E-state index in [4.69, 9.17) is 14.5 Å². The standard InChI is InChI=1S/C25H26N6O5S/c32-25-22-24(31(29-28-22)16-17-5-2-1-3-6-17)26-23(27-25)18-9-11-30(12-10-18)37(33,34)19-7-8-20-21(15-19)36-14-4-13-35-20/h1-3,5-8,15,18H,4,9-14,16H2,(H,26,27,32). The number of aromatic nitrogens is 5. The minimum Gasteiger partial charge on any atom is -0.490 e. The van der Waals surface area contributed by atoms with E-state index in [0.29, 0.717) is 68.7 Å². The van der Waals surface area contributed by atoms with Gasteiger partial charge in [-0.3, -0.25) is 4.79 Å². The Kier molecular flexibility index (Phi) is 6.13. The second kappa shape index (κ2) is 9.60. The lowest BCUT2D eigenvalue weighted by atomic mass is 9.97. The summed E-state index contributed by atoms with van der Waals surface area (Å²) in [6, 6.07) is 14.5. The highest BCUT2D eigenvalue weighted by atomic mass is 32.2. The van der Waals surface area contributed by atoms with Crippen molar-refractivity contribution in [3.05, 3.63) is 70.3 Å². The number of benzene rings is 2. The summed E-state index contributed by atoms with van der Waals surface area (Å²) in [6.45, 7) is 2.09. The molecule has 0 atom stereocenters. The number of fused-ring (bicyclic) bond motifs is 2. The van der Waals surface area contributed by atoms with E-state index in [1.165, 1.54) is 10.4 Å². The average molecular weight is 523 g/mol. The van der Waals surface area contributed by atoms with E-state index in [2.05, 4.69) is 15.3 Å². The molecular weight excluding hydrogens is 496 g/mol. The lowest BCUT2D eigenvalue weighted by Crippen LogP contribution is -2.38. The zero-order chi connectivity index (χ0) is 25.4. The van der Waals surface area contributed by atoms with E-state index >= 15 is 0 Å². The van der Waals surface area contributed by atoms with Gasteiger partial charge in [-0.25, -0.2) is 18.1 Å². The molecule has 0 amide bonds. The van der Waals surface area contributed by atoms with E-state index in [1.54, 1.807) is 16.8 Å². The third kappa shape index (κ3) is 4.58. The van der Waals surface area contributed by atoms with Gasteiger partial charge < -0.3 is 14.5 Å². The van der Waals surface area contributed by atoms with Crippen LogP contribution in [0.2, 0.25) is 0 Å². The molecule has 12 heteroatoms. The Bertz CT molecular complexity index is 1590. The number of hydrogen-bond donors (Lipinski definition) is 1. The maximum Gasteiger partial charge on any atom is 0.281 e. The Morgan fingerprint density at radius 1 is 1.00 bits per heavy atom. The maximum absolute atomic E-state index is 13.4. The summed E-state index contributed by atoms with van der Waals surface area (Å²) in [4.78, 5) is 20.4. The fourth-order valence-corrected chi connectivity index (χ4v) is 6.25. The molecule has 0 spiro atoms. The van der Waals surface area contributed by atoms with Crippen LogP contribution in [-0.4, -0.2) is 64.0 Å². The average Bonchev–Trinajstić information content (AvgIpc) is 3.17. The van der Waals surface area contributed by atoms with Crippen molar-refractivity contribution in [2.24, 2.45) is 0 Å². The van der Waals surface area contributed by atoms with Crippen LogP contribution in [0.3, 0.4) is 0 Å². The molecule has 2 aromatic heterocycles. The zero-order valence-electron chi connectivity index (χ0n) is 20.0. The first kappa shape index (κ1) is 23.6. The molecule has 0 unspecified atom stereocenters. The molecule has 6 rings (SSSR count). The highest BCUT2D eigenvalue weighted by Gasteiger charge is 2.32. The molecule has 2 aliphatic heterocycles. The fraction of sp³-hybridized carbons (Fsp3) is 0.360. The predicted molar refractivity (Wildman–Crippen MR) is 134 cm³/mol. The highest BCUT2D eigenvalue weighted by Crippen LogP contribution is 2.34. The van der Waals surface area contributed by atoms with Gasteiger partial charge in [0, 0.05) is 31.5 Å². The molecule has 0 aliphatic carbocycles. The summed E-state index contributed by atoms with van der Waals surface area (Å²) < 4.78 is 41.1. The SMILES string of the molecule is O=c1[nH]c(C2CCN(S(=O)(=O)c3ccc4c(c3)OCCCO4)CC2)nc2c1nnn2Cc1ccccc1. The van der Waals surface area contributed by atoms with Crippen LogP contribution < -0.4 is 15.0 Å². The van der Waals surface area contributed by atoms with Gasteiger partial charge in [0.1, 0.15) is 5.82 Å². The Morgan fingerprint density at radius 2 is 1.76 bits per heavy atom. The molecule has 0 saturated carbocycles. The molecule has 1 fully saturated rings. The number of H-pyrrole nitrogens is 1. The normalized spacial score (nSPS) is 17.1. The van der Waals surface area contributed by atoms with Crippen LogP contribution in [0.5, 0.6) is 11.5 Å². The van der Waals surface area contributed by atoms with Crippen molar-refractivity contribution in [1.29, 1.82) is 0 Å². The molecule has 4 heterocycles. The third-order valence-electron chi connectivity index (χ3n) is 6.76. The molecule has 192 valence electrons. The first-order valence-electron chi connectivity index (χ1n) is 12.3. The monoisotopic (exact) mass is 522 g/mol. The van der Waals surface area contributed by atoms with Gasteiger partial charge in [0.2, 0.25) is 10.0 Å². The summed E-state index contributed by atoms with van der Waals surface area (Å²) in [5.41, 5.74) is 1.28. The first-order chi connectivity index (χ1) is 18.0. The number of hydrogen-bond acceptors (Lipinski definition) is 8. The topological polar surface area (TPSA) is 132 Å². The molecule has 2 aliphatic rings. The lowest BCUT2D eigenvalue weighted by molar-refractivity contribution is 0.296. The Labute approximate surface area is 213 Å². The molecule has 4 aromatic rings. The Hall–Kier alpha value is -3.77. The second-order valence-electron chi connectivity index (χ2n) is 9.19. The fourth-order valence-electron chi connectivity index (χ4n) is 4.76. The number of aromatic amines is 1. The number of piperidine rings is 1. The van der Waals surface area contributed by atoms with E-state index < -0.39 is 10.0 Å². The summed E-state index contributed by atoms with van der Waals surface area (Å²) >= 11 is 0. The van der Waals surface area contributed by atoms with Crippen LogP contribution in [0, 0.1) is 0 Å². The van der Waals surface area contributed by atoms with E-state index in [0.717, 1.165) is 12.0 Å². The van der Waals surface area contributed by atoms with Crippen LogP contribution in [0.15, 0.2) is 58.2 Å². The van der Waals surface area contributed by atoms with E-state index in [1.807, 2.05) is 30.3 Å². The number of nitrogens with one attached hydrogen (secondary N) is 1. The third-order valence-corrected chi connectivity index (χ3v) is 8.66. The summed E-state index contributed by atoms with van der Waals surface area (Å²) in [6.07, 6.45) is 1.80. The minimum atomic E-state index is -3.71. The van der Waals surface area contributed by atoms with E-state index in [-0.39, 0.29) is 21.9 Å². The van der Waals surface area contributed by atoms with E-state index in [9.17, 15) is 13.2 Å². The van der Waals surface area contributed by atoms with Gasteiger partial charge in [-0.05, 0) is 30.5 Å². The molecule has 1 saturated heterocycles. The van der Waals surface area contributed by atoms with Crippen LogP contribution in [-0.2, 0) is 16.6 Å². The Morgan fingerprint density at radius 3 is 2.54 bits per heavy atom. The van der Waals surface area contributed by atoms with Crippen molar-refractivity contribution >= 4 is 21.2 Å². The van der Waals surface area contributed by atoms with Gasteiger partial charge in [0.25, 0.3) is 5.56 Å². The van der Waals surface area contributed by atoms with Crippen molar-refractivity contribution in [1.82, 2.24) is 29.3 Å².